The van der Waals surface area contributed by atoms with Crippen molar-refractivity contribution in [2.24, 2.45) is 0 Å². The lowest BCUT2D eigenvalue weighted by atomic mass is 10.0. The molecule has 178 valence electrons. The van der Waals surface area contributed by atoms with Crippen LogP contribution in [0.5, 0.6) is 0 Å². The molecule has 1 aromatic carbocycles. The molecule has 0 saturated heterocycles. The summed E-state index contributed by atoms with van der Waals surface area (Å²) >= 11 is 0. The van der Waals surface area contributed by atoms with Gasteiger partial charge in [0.25, 0.3) is 0 Å². The first-order valence-electron chi connectivity index (χ1n) is 13.1. The minimum atomic E-state index is -0.0116. The average molecular weight is 433 g/mol. The molecule has 31 heavy (non-hydrogen) atoms. The summed E-state index contributed by atoms with van der Waals surface area (Å²) in [7, 11) is 2.22. The highest BCUT2D eigenvalue weighted by atomic mass is 16.5. The van der Waals surface area contributed by atoms with E-state index >= 15 is 0 Å². The quantitative estimate of drug-likeness (QED) is 0.122. The normalized spacial score (nSPS) is 11.6. The Hall–Kier alpha value is -1.35. The standard InChI is InChI=1S/C28H50NO2/c1-4-29(3,5-2)25-26-31-28(30)24-20-15-13-11-9-7-6-8-10-12-14-17-21-27-22-18-16-19-23-27/h16,18-19,22-23H,4-15,17,20-21,24-26H2,1-3H3/q+1. The topological polar surface area (TPSA) is 26.3 Å². The Morgan fingerprint density at radius 2 is 1.23 bits per heavy atom. The third-order valence-electron chi connectivity index (χ3n) is 6.86. The zero-order valence-electron chi connectivity index (χ0n) is 20.9. The molecular formula is C28H50NO2+. The van der Waals surface area contributed by atoms with Gasteiger partial charge in [0.05, 0.1) is 20.1 Å². The summed E-state index contributed by atoms with van der Waals surface area (Å²) in [5.74, 6) is -0.0116. The molecule has 0 aromatic heterocycles. The summed E-state index contributed by atoms with van der Waals surface area (Å²) in [5, 5.41) is 0. The summed E-state index contributed by atoms with van der Waals surface area (Å²) in [6.45, 7) is 8.04. The van der Waals surface area contributed by atoms with Crippen LogP contribution in [0, 0.1) is 0 Å². The van der Waals surface area contributed by atoms with Crippen molar-refractivity contribution in [3.8, 4) is 0 Å². The predicted octanol–water partition coefficient (Wildman–Crippen LogP) is 7.33. The maximum Gasteiger partial charge on any atom is 0.305 e. The molecule has 0 aliphatic heterocycles. The number of hydrogen-bond donors (Lipinski definition) is 0. The van der Waals surface area contributed by atoms with Crippen molar-refractivity contribution in [2.75, 3.05) is 33.3 Å². The van der Waals surface area contributed by atoms with Gasteiger partial charge in [0.1, 0.15) is 13.2 Å². The zero-order chi connectivity index (χ0) is 22.6. The molecule has 1 aromatic rings. The Morgan fingerprint density at radius 1 is 0.742 bits per heavy atom. The van der Waals surface area contributed by atoms with Gasteiger partial charge in [0.15, 0.2) is 0 Å². The lowest BCUT2D eigenvalue weighted by Gasteiger charge is -2.31. The van der Waals surface area contributed by atoms with Crippen molar-refractivity contribution >= 4 is 5.97 Å². The maximum atomic E-state index is 11.8. The van der Waals surface area contributed by atoms with E-state index < -0.39 is 0 Å². The molecule has 0 bridgehead atoms. The molecule has 0 amide bonds. The number of hydrogen-bond acceptors (Lipinski definition) is 2. The predicted molar refractivity (Wildman–Crippen MR) is 133 cm³/mol. The van der Waals surface area contributed by atoms with E-state index in [2.05, 4.69) is 51.2 Å². The molecule has 3 heteroatoms. The maximum absolute atomic E-state index is 11.8. The van der Waals surface area contributed by atoms with E-state index in [0.29, 0.717) is 13.0 Å². The Kier molecular flexibility index (Phi) is 16.3. The summed E-state index contributed by atoms with van der Waals surface area (Å²) in [6, 6.07) is 10.8. The van der Waals surface area contributed by atoms with E-state index in [0.717, 1.165) is 37.0 Å². The lowest BCUT2D eigenvalue weighted by molar-refractivity contribution is -0.906. The van der Waals surface area contributed by atoms with Gasteiger partial charge >= 0.3 is 5.97 Å². The number of quaternary nitrogens is 1. The Balaban J connectivity index is 1.79. The van der Waals surface area contributed by atoms with E-state index in [1.54, 1.807) is 0 Å². The van der Waals surface area contributed by atoms with Crippen LogP contribution in [0.4, 0.5) is 0 Å². The largest absolute Gasteiger partial charge is 0.460 e. The van der Waals surface area contributed by atoms with Crippen LogP contribution >= 0.6 is 0 Å². The van der Waals surface area contributed by atoms with Crippen molar-refractivity contribution in [1.82, 2.24) is 0 Å². The number of nitrogens with zero attached hydrogens (tertiary/aromatic N) is 1. The molecule has 0 N–H and O–H groups in total. The van der Waals surface area contributed by atoms with Gasteiger partial charge in [-0.15, -0.1) is 0 Å². The van der Waals surface area contributed by atoms with Gasteiger partial charge < -0.3 is 9.22 Å². The highest BCUT2D eigenvalue weighted by Crippen LogP contribution is 2.14. The number of ether oxygens (including phenoxy) is 1. The van der Waals surface area contributed by atoms with Crippen LogP contribution in [0.15, 0.2) is 30.3 Å². The Morgan fingerprint density at radius 3 is 1.74 bits per heavy atom. The van der Waals surface area contributed by atoms with Crippen molar-refractivity contribution in [3.63, 3.8) is 0 Å². The van der Waals surface area contributed by atoms with Gasteiger partial charge in [0, 0.05) is 6.42 Å². The number of rotatable bonds is 20. The number of esters is 1. The van der Waals surface area contributed by atoms with Crippen molar-refractivity contribution in [3.05, 3.63) is 35.9 Å². The molecule has 1 rings (SSSR count). The highest BCUT2D eigenvalue weighted by molar-refractivity contribution is 5.69. The highest BCUT2D eigenvalue weighted by Gasteiger charge is 2.16. The van der Waals surface area contributed by atoms with E-state index in [1.165, 1.54) is 76.2 Å². The van der Waals surface area contributed by atoms with Crippen LogP contribution in [0.2, 0.25) is 0 Å². The molecule has 0 aliphatic rings. The van der Waals surface area contributed by atoms with E-state index in [9.17, 15) is 4.79 Å². The van der Waals surface area contributed by atoms with Crippen LogP contribution in [-0.2, 0) is 16.0 Å². The minimum absolute atomic E-state index is 0.0116. The van der Waals surface area contributed by atoms with E-state index in [-0.39, 0.29) is 5.97 Å². The van der Waals surface area contributed by atoms with Gasteiger partial charge in [-0.25, -0.2) is 0 Å². The number of carbonyl (C=O) groups is 1. The van der Waals surface area contributed by atoms with Gasteiger partial charge in [0.2, 0.25) is 0 Å². The summed E-state index contributed by atoms with van der Waals surface area (Å²) in [6.07, 6.45) is 17.5. The Labute approximate surface area is 193 Å². The summed E-state index contributed by atoms with van der Waals surface area (Å²) < 4.78 is 6.39. The SMILES string of the molecule is CC[N+](C)(CC)CCOC(=O)CCCCCCCCCCCCCCc1ccccc1. The van der Waals surface area contributed by atoms with E-state index in [1.807, 2.05) is 0 Å². The fourth-order valence-electron chi connectivity index (χ4n) is 4.00. The minimum Gasteiger partial charge on any atom is -0.460 e. The van der Waals surface area contributed by atoms with Crippen molar-refractivity contribution in [1.29, 1.82) is 0 Å². The number of likely N-dealkylation sites (N-methyl/N-ethyl adjacent to an activating group) is 1. The van der Waals surface area contributed by atoms with Crippen LogP contribution in [0.1, 0.15) is 103 Å². The second-order valence-electron chi connectivity index (χ2n) is 9.42. The molecule has 0 atom stereocenters. The Bertz CT molecular complexity index is 539. The molecule has 0 saturated carbocycles. The van der Waals surface area contributed by atoms with Crippen LogP contribution < -0.4 is 0 Å². The zero-order valence-corrected chi connectivity index (χ0v) is 20.9. The molecule has 3 nitrogen and oxygen atoms in total. The van der Waals surface area contributed by atoms with Crippen LogP contribution in [0.3, 0.4) is 0 Å². The van der Waals surface area contributed by atoms with Crippen LogP contribution in [-0.4, -0.2) is 43.7 Å². The molecule has 0 fully saturated rings. The molecule has 0 spiro atoms. The fraction of sp³-hybridized carbons (Fsp3) is 0.750. The summed E-state index contributed by atoms with van der Waals surface area (Å²) in [4.78, 5) is 11.8. The smallest absolute Gasteiger partial charge is 0.305 e. The number of benzene rings is 1. The molecular weight excluding hydrogens is 382 g/mol. The monoisotopic (exact) mass is 432 g/mol. The lowest BCUT2D eigenvalue weighted by Crippen LogP contribution is -2.46. The van der Waals surface area contributed by atoms with E-state index in [4.69, 9.17) is 4.74 Å². The second kappa shape index (κ2) is 18.2. The first-order valence-corrected chi connectivity index (χ1v) is 13.1. The first-order chi connectivity index (χ1) is 15.1. The number of aryl methyl sites for hydroxylation is 1. The fourth-order valence-corrected chi connectivity index (χ4v) is 4.00. The number of unbranched alkanes of at least 4 members (excludes halogenated alkanes) is 11. The molecule has 0 radical (unpaired) electrons. The third-order valence-corrected chi connectivity index (χ3v) is 6.86. The van der Waals surface area contributed by atoms with Crippen molar-refractivity contribution < 1.29 is 14.0 Å². The van der Waals surface area contributed by atoms with Gasteiger partial charge in [-0.3, -0.25) is 4.79 Å². The van der Waals surface area contributed by atoms with Crippen molar-refractivity contribution in [2.45, 2.75) is 104 Å². The molecule has 0 unspecified atom stereocenters. The molecule has 0 aliphatic carbocycles. The van der Waals surface area contributed by atoms with Gasteiger partial charge in [-0.05, 0) is 38.7 Å². The summed E-state index contributed by atoms with van der Waals surface area (Å²) in [5.41, 5.74) is 1.48. The first kappa shape index (κ1) is 27.7. The van der Waals surface area contributed by atoms with Gasteiger partial charge in [-0.1, -0.05) is 94.5 Å². The third kappa shape index (κ3) is 15.1. The number of carbonyl (C=O) groups excluding carboxylic acids is 1. The average Bonchev–Trinajstić information content (AvgIpc) is 2.79. The molecule has 0 heterocycles. The second-order valence-corrected chi connectivity index (χ2v) is 9.42. The van der Waals surface area contributed by atoms with Crippen LogP contribution in [0.25, 0.3) is 0 Å². The van der Waals surface area contributed by atoms with Gasteiger partial charge in [-0.2, -0.15) is 0 Å².